The molecular weight excluding hydrogens is 304 g/mol. The summed E-state index contributed by atoms with van der Waals surface area (Å²) in [5.41, 5.74) is 0.150. The molecule has 2 rings (SSSR count). The van der Waals surface area contributed by atoms with E-state index in [9.17, 15) is 9.59 Å². The third-order valence-electron chi connectivity index (χ3n) is 4.79. The average Bonchev–Trinajstić information content (AvgIpc) is 2.81. The Morgan fingerprint density at radius 1 is 1.38 bits per heavy atom. The van der Waals surface area contributed by atoms with Crippen LogP contribution in [0.15, 0.2) is 24.3 Å². The Morgan fingerprint density at radius 2 is 2.00 bits per heavy atom. The highest BCUT2D eigenvalue weighted by molar-refractivity contribution is 5.95. The molecule has 1 N–H and O–H groups in total. The van der Waals surface area contributed by atoms with Crippen LogP contribution in [-0.4, -0.2) is 42.0 Å². The van der Waals surface area contributed by atoms with Gasteiger partial charge in [0.05, 0.1) is 11.6 Å². The Hall–Kier alpha value is -2.55. The zero-order valence-corrected chi connectivity index (χ0v) is 14.7. The van der Waals surface area contributed by atoms with Crippen LogP contribution in [0.5, 0.6) is 0 Å². The van der Waals surface area contributed by atoms with E-state index in [2.05, 4.69) is 18.3 Å². The number of nitrogens with one attached hydrogen (secondary N) is 1. The molecule has 0 aliphatic carbocycles. The Kier molecular flexibility index (Phi) is 5.13. The molecular formula is C18H24N4O2. The summed E-state index contributed by atoms with van der Waals surface area (Å²) in [6.07, 6.45) is 2.38. The number of unbranched alkanes of at least 4 members (excludes halogenated alkanes) is 1. The van der Waals surface area contributed by atoms with Gasteiger partial charge in [0.1, 0.15) is 11.7 Å². The first-order valence-electron chi connectivity index (χ1n) is 8.20. The van der Waals surface area contributed by atoms with Crippen LogP contribution in [0.25, 0.3) is 0 Å². The highest BCUT2D eigenvalue weighted by atomic mass is 16.2. The Balaban J connectivity index is 2.52. The topological polar surface area (TPSA) is 76.4 Å². The first-order chi connectivity index (χ1) is 11.4. The van der Waals surface area contributed by atoms with E-state index >= 15 is 0 Å². The summed E-state index contributed by atoms with van der Waals surface area (Å²) in [4.78, 5) is 28.9. The second-order valence-corrected chi connectivity index (χ2v) is 6.23. The van der Waals surface area contributed by atoms with Crippen LogP contribution in [0.2, 0.25) is 0 Å². The summed E-state index contributed by atoms with van der Waals surface area (Å²) in [6, 6.07) is 8.65. The summed E-state index contributed by atoms with van der Waals surface area (Å²) in [5, 5.41) is 11.6. The van der Waals surface area contributed by atoms with Gasteiger partial charge in [-0.3, -0.25) is 9.69 Å². The van der Waals surface area contributed by atoms with E-state index in [1.807, 2.05) is 0 Å². The van der Waals surface area contributed by atoms with Crippen LogP contribution in [0.1, 0.15) is 44.2 Å². The fraction of sp³-hybridized carbons (Fsp3) is 0.500. The third-order valence-corrected chi connectivity index (χ3v) is 4.79. The lowest BCUT2D eigenvalue weighted by Gasteiger charge is -2.35. The van der Waals surface area contributed by atoms with Crippen molar-refractivity contribution in [1.82, 2.24) is 15.1 Å². The van der Waals surface area contributed by atoms with Gasteiger partial charge in [-0.05, 0) is 37.5 Å². The fourth-order valence-corrected chi connectivity index (χ4v) is 3.35. The number of carbonyl (C=O) groups excluding carboxylic acids is 2. The van der Waals surface area contributed by atoms with Crippen molar-refractivity contribution in [3.05, 3.63) is 35.4 Å². The molecule has 1 aliphatic rings. The average molecular weight is 328 g/mol. The minimum atomic E-state index is -1.08. The van der Waals surface area contributed by atoms with Crippen LogP contribution in [-0.2, 0) is 10.3 Å². The lowest BCUT2D eigenvalue weighted by molar-refractivity contribution is -0.132. The summed E-state index contributed by atoms with van der Waals surface area (Å²) in [7, 11) is 3.31. The lowest BCUT2D eigenvalue weighted by Crippen LogP contribution is -2.52. The number of urea groups is 1. The van der Waals surface area contributed by atoms with Crippen LogP contribution >= 0.6 is 0 Å². The van der Waals surface area contributed by atoms with Crippen molar-refractivity contribution in [3.8, 4) is 6.07 Å². The van der Waals surface area contributed by atoms with Crippen molar-refractivity contribution in [2.24, 2.45) is 0 Å². The lowest BCUT2D eigenvalue weighted by atomic mass is 9.89. The Bertz CT molecular complexity index is 665. The van der Waals surface area contributed by atoms with Crippen LogP contribution in [0.3, 0.4) is 0 Å². The van der Waals surface area contributed by atoms with Crippen molar-refractivity contribution in [1.29, 1.82) is 5.26 Å². The molecule has 6 nitrogen and oxygen atoms in total. The van der Waals surface area contributed by atoms with Crippen LogP contribution < -0.4 is 5.32 Å². The number of nitrogens with zero attached hydrogens (tertiary/aromatic N) is 3. The normalized spacial score (nSPS) is 23.3. The van der Waals surface area contributed by atoms with E-state index in [0.717, 1.165) is 19.3 Å². The number of rotatable bonds is 4. The number of likely N-dealkylation sites (N-methyl/N-ethyl adjacent to an activating group) is 1. The first-order valence-corrected chi connectivity index (χ1v) is 8.20. The SMILES string of the molecule is CCCCC1N(C)C(=O)C(C)(c2ccc(C#N)cc2)N1C(=O)NC. The Morgan fingerprint density at radius 3 is 2.50 bits per heavy atom. The molecule has 0 saturated carbocycles. The number of carbonyl (C=O) groups is 2. The number of benzene rings is 1. The minimum absolute atomic E-state index is 0.114. The van der Waals surface area contributed by atoms with Crippen molar-refractivity contribution in [2.75, 3.05) is 14.1 Å². The number of hydrogen-bond donors (Lipinski definition) is 1. The van der Waals surface area contributed by atoms with Gasteiger partial charge in [-0.2, -0.15) is 5.26 Å². The van der Waals surface area contributed by atoms with Gasteiger partial charge < -0.3 is 10.2 Å². The molecule has 0 spiro atoms. The van der Waals surface area contributed by atoms with Crippen LogP contribution in [0, 0.1) is 11.3 Å². The monoisotopic (exact) mass is 328 g/mol. The number of nitriles is 1. The molecule has 0 aromatic heterocycles. The van der Waals surface area contributed by atoms with E-state index in [1.54, 1.807) is 55.1 Å². The van der Waals surface area contributed by atoms with Crippen molar-refractivity contribution in [2.45, 2.75) is 44.8 Å². The molecule has 1 aromatic rings. The number of amides is 3. The van der Waals surface area contributed by atoms with E-state index in [1.165, 1.54) is 0 Å². The predicted molar refractivity (Wildman–Crippen MR) is 90.9 cm³/mol. The van der Waals surface area contributed by atoms with E-state index in [0.29, 0.717) is 11.1 Å². The maximum atomic E-state index is 13.0. The largest absolute Gasteiger partial charge is 0.341 e. The molecule has 24 heavy (non-hydrogen) atoms. The minimum Gasteiger partial charge on any atom is -0.341 e. The fourth-order valence-electron chi connectivity index (χ4n) is 3.35. The van der Waals surface area contributed by atoms with E-state index in [4.69, 9.17) is 5.26 Å². The predicted octanol–water partition coefficient (Wildman–Crippen LogP) is 2.40. The molecule has 3 amide bonds. The van der Waals surface area contributed by atoms with Gasteiger partial charge in [-0.25, -0.2) is 4.79 Å². The van der Waals surface area contributed by atoms with Gasteiger partial charge in [0.2, 0.25) is 0 Å². The van der Waals surface area contributed by atoms with Gasteiger partial charge in [0.15, 0.2) is 0 Å². The van der Waals surface area contributed by atoms with Crippen molar-refractivity contribution < 1.29 is 9.59 Å². The second-order valence-electron chi connectivity index (χ2n) is 6.23. The summed E-state index contributed by atoms with van der Waals surface area (Å²) in [5.74, 6) is -0.114. The zero-order chi connectivity index (χ0) is 17.9. The maximum Gasteiger partial charge on any atom is 0.319 e. The van der Waals surface area contributed by atoms with Gasteiger partial charge in [0, 0.05) is 14.1 Å². The first kappa shape index (κ1) is 17.8. The molecule has 2 atom stereocenters. The maximum absolute atomic E-state index is 13.0. The van der Waals surface area contributed by atoms with E-state index in [-0.39, 0.29) is 18.1 Å². The molecule has 6 heteroatoms. The quantitative estimate of drug-likeness (QED) is 0.922. The Labute approximate surface area is 143 Å². The van der Waals surface area contributed by atoms with Gasteiger partial charge in [-0.15, -0.1) is 0 Å². The summed E-state index contributed by atoms with van der Waals surface area (Å²) >= 11 is 0. The smallest absolute Gasteiger partial charge is 0.319 e. The molecule has 128 valence electrons. The van der Waals surface area contributed by atoms with Crippen molar-refractivity contribution >= 4 is 11.9 Å². The molecule has 1 aromatic carbocycles. The van der Waals surface area contributed by atoms with Gasteiger partial charge in [-0.1, -0.05) is 25.5 Å². The highest BCUT2D eigenvalue weighted by Gasteiger charge is 2.56. The third kappa shape index (κ3) is 2.71. The molecule has 0 radical (unpaired) electrons. The molecule has 2 unspecified atom stereocenters. The summed E-state index contributed by atoms with van der Waals surface area (Å²) in [6.45, 7) is 3.86. The van der Waals surface area contributed by atoms with Gasteiger partial charge >= 0.3 is 6.03 Å². The van der Waals surface area contributed by atoms with Crippen LogP contribution in [0.4, 0.5) is 4.79 Å². The number of hydrogen-bond acceptors (Lipinski definition) is 3. The van der Waals surface area contributed by atoms with E-state index < -0.39 is 5.54 Å². The molecule has 1 saturated heterocycles. The second kappa shape index (κ2) is 6.91. The van der Waals surface area contributed by atoms with Gasteiger partial charge in [0.25, 0.3) is 5.91 Å². The molecule has 1 heterocycles. The summed E-state index contributed by atoms with van der Waals surface area (Å²) < 4.78 is 0. The highest BCUT2D eigenvalue weighted by Crippen LogP contribution is 2.40. The van der Waals surface area contributed by atoms with Crippen molar-refractivity contribution in [3.63, 3.8) is 0 Å². The molecule has 1 fully saturated rings. The molecule has 0 bridgehead atoms. The standard InChI is InChI=1S/C18H24N4O2/c1-5-6-7-15-21(4)16(23)18(2,22(15)17(24)20-3)14-10-8-13(12-19)9-11-14/h8-11,15H,5-7H2,1-4H3,(H,20,24). The molecule has 1 aliphatic heterocycles. The zero-order valence-electron chi connectivity index (χ0n) is 14.7.